The van der Waals surface area contributed by atoms with Crippen LogP contribution in [0.2, 0.25) is 10.0 Å². The van der Waals surface area contributed by atoms with E-state index in [0.717, 1.165) is 16.7 Å². The van der Waals surface area contributed by atoms with Crippen LogP contribution in [-0.2, 0) is 17.6 Å². The maximum absolute atomic E-state index is 13.0. The minimum atomic E-state index is -0.571. The van der Waals surface area contributed by atoms with E-state index in [1.54, 1.807) is 18.5 Å². The molecule has 2 aromatic carbocycles. The van der Waals surface area contributed by atoms with Crippen LogP contribution in [-0.4, -0.2) is 27.5 Å². The van der Waals surface area contributed by atoms with Crippen molar-refractivity contribution < 1.29 is 4.79 Å². The fourth-order valence-corrected chi connectivity index (χ4v) is 3.63. The first kappa shape index (κ1) is 18.6. The number of hydrogen-bond donors (Lipinski definition) is 1. The predicted octanol–water partition coefficient (Wildman–Crippen LogP) is 3.94. The number of anilines is 1. The van der Waals surface area contributed by atoms with Crippen molar-refractivity contribution in [3.05, 3.63) is 87.2 Å². The highest BCUT2D eigenvalue weighted by molar-refractivity contribution is 6.32. The van der Waals surface area contributed by atoms with Gasteiger partial charge in [-0.05, 0) is 29.3 Å². The minimum absolute atomic E-state index is 0.0230. The summed E-state index contributed by atoms with van der Waals surface area (Å²) in [5.41, 5.74) is 9.47. The Morgan fingerprint density at radius 2 is 1.82 bits per heavy atom. The van der Waals surface area contributed by atoms with Crippen molar-refractivity contribution in [3.8, 4) is 0 Å². The second kappa shape index (κ2) is 7.70. The van der Waals surface area contributed by atoms with Crippen molar-refractivity contribution in [1.29, 1.82) is 0 Å². The molecule has 2 heterocycles. The number of hydrogen-bond acceptors (Lipinski definition) is 5. The number of aromatic nitrogens is 2. The van der Waals surface area contributed by atoms with Crippen LogP contribution in [0.1, 0.15) is 22.3 Å². The zero-order valence-corrected chi connectivity index (χ0v) is 16.3. The van der Waals surface area contributed by atoms with E-state index in [0.29, 0.717) is 27.7 Å². The van der Waals surface area contributed by atoms with Gasteiger partial charge < -0.3 is 5.73 Å². The second-order valence-corrected chi connectivity index (χ2v) is 7.41. The molecule has 3 aromatic rings. The van der Waals surface area contributed by atoms with E-state index >= 15 is 0 Å². The number of Topliss-reactive ketones (excluding diaryl/α,β-unsaturated/α-hetero) is 1. The zero-order valence-electron chi connectivity index (χ0n) is 14.8. The van der Waals surface area contributed by atoms with E-state index in [9.17, 15) is 4.79 Å². The molecule has 0 saturated carbocycles. The SMILES string of the molecule is Nc1ncc(C2=NC(Cc3ccccc3Cl)C(=O)Cc3ccc(Cl)cc32)cn1. The molecule has 1 unspecified atom stereocenters. The molecule has 0 radical (unpaired) electrons. The molecule has 2 N–H and O–H groups in total. The number of nitrogens with zero attached hydrogens (tertiary/aromatic N) is 3. The number of ketones is 1. The minimum Gasteiger partial charge on any atom is -0.368 e. The fraction of sp³-hybridized carbons (Fsp3) is 0.143. The number of carbonyl (C=O) groups excluding carboxylic acids is 1. The van der Waals surface area contributed by atoms with Gasteiger partial charge in [-0.3, -0.25) is 9.79 Å². The van der Waals surface area contributed by atoms with Gasteiger partial charge in [-0.15, -0.1) is 0 Å². The van der Waals surface area contributed by atoms with Crippen LogP contribution in [0.4, 0.5) is 5.95 Å². The largest absolute Gasteiger partial charge is 0.368 e. The summed E-state index contributed by atoms with van der Waals surface area (Å²) in [6, 6.07) is 12.4. The van der Waals surface area contributed by atoms with Crippen LogP contribution < -0.4 is 5.73 Å². The maximum Gasteiger partial charge on any atom is 0.219 e. The molecule has 0 amide bonds. The molecule has 28 heavy (non-hydrogen) atoms. The van der Waals surface area contributed by atoms with E-state index in [1.165, 1.54) is 0 Å². The molecule has 0 fully saturated rings. The van der Waals surface area contributed by atoms with E-state index in [4.69, 9.17) is 33.9 Å². The standard InChI is InChI=1S/C21H16Cl2N4O/c22-15-6-5-12-8-19(28)18(7-13-3-1-2-4-17(13)23)27-20(16(12)9-15)14-10-25-21(24)26-11-14/h1-6,9-11,18H,7-8H2,(H2,24,25,26). The quantitative estimate of drug-likeness (QED) is 0.708. The van der Waals surface area contributed by atoms with Crippen molar-refractivity contribution >= 4 is 40.6 Å². The summed E-state index contributed by atoms with van der Waals surface area (Å²) < 4.78 is 0. The molecule has 1 aliphatic rings. The first-order chi connectivity index (χ1) is 13.5. The molecule has 1 aromatic heterocycles. The smallest absolute Gasteiger partial charge is 0.219 e. The second-order valence-electron chi connectivity index (χ2n) is 6.56. The third kappa shape index (κ3) is 3.77. The molecule has 7 heteroatoms. The van der Waals surface area contributed by atoms with Crippen molar-refractivity contribution in [2.24, 2.45) is 4.99 Å². The molecule has 1 atom stereocenters. The zero-order chi connectivity index (χ0) is 19.7. The average molecular weight is 411 g/mol. The number of nitrogen functional groups attached to an aromatic ring is 1. The maximum atomic E-state index is 13.0. The molecule has 4 rings (SSSR count). The van der Waals surface area contributed by atoms with Gasteiger partial charge in [0, 0.05) is 46.4 Å². The van der Waals surface area contributed by atoms with Gasteiger partial charge in [-0.2, -0.15) is 0 Å². The number of nitrogens with two attached hydrogens (primary N) is 1. The van der Waals surface area contributed by atoms with Gasteiger partial charge in [-0.1, -0.05) is 47.5 Å². The van der Waals surface area contributed by atoms with E-state index < -0.39 is 6.04 Å². The topological polar surface area (TPSA) is 81.2 Å². The molecule has 0 bridgehead atoms. The van der Waals surface area contributed by atoms with Crippen molar-refractivity contribution in [3.63, 3.8) is 0 Å². The van der Waals surface area contributed by atoms with Crippen LogP contribution in [0.25, 0.3) is 0 Å². The number of rotatable bonds is 3. The Labute approximate surface area is 172 Å². The van der Waals surface area contributed by atoms with Crippen LogP contribution in [0, 0.1) is 0 Å². The molecule has 140 valence electrons. The molecule has 0 saturated heterocycles. The van der Waals surface area contributed by atoms with Gasteiger partial charge >= 0.3 is 0 Å². The molecule has 0 spiro atoms. The number of fused-ring (bicyclic) bond motifs is 1. The van der Waals surface area contributed by atoms with Crippen molar-refractivity contribution in [2.75, 3.05) is 5.73 Å². The van der Waals surface area contributed by atoms with Gasteiger partial charge in [0.05, 0.1) is 5.71 Å². The van der Waals surface area contributed by atoms with E-state index in [-0.39, 0.29) is 18.2 Å². The summed E-state index contributed by atoms with van der Waals surface area (Å²) in [5, 5.41) is 1.19. The lowest BCUT2D eigenvalue weighted by Gasteiger charge is -2.12. The molecule has 5 nitrogen and oxygen atoms in total. The third-order valence-corrected chi connectivity index (χ3v) is 5.27. The summed E-state index contributed by atoms with van der Waals surface area (Å²) in [6.07, 6.45) is 3.90. The molecular formula is C21H16Cl2N4O. The summed E-state index contributed by atoms with van der Waals surface area (Å²) in [5.74, 6) is 0.197. The summed E-state index contributed by atoms with van der Waals surface area (Å²) in [6.45, 7) is 0. The summed E-state index contributed by atoms with van der Waals surface area (Å²) >= 11 is 12.5. The first-order valence-corrected chi connectivity index (χ1v) is 9.47. The van der Waals surface area contributed by atoms with E-state index in [2.05, 4.69) is 9.97 Å². The first-order valence-electron chi connectivity index (χ1n) is 8.72. The summed E-state index contributed by atoms with van der Waals surface area (Å²) in [7, 11) is 0. The Balaban J connectivity index is 1.84. The number of benzene rings is 2. The highest BCUT2D eigenvalue weighted by atomic mass is 35.5. The lowest BCUT2D eigenvalue weighted by Crippen LogP contribution is -2.23. The highest BCUT2D eigenvalue weighted by Gasteiger charge is 2.27. The Bertz CT molecular complexity index is 1080. The number of carbonyl (C=O) groups is 1. The third-order valence-electron chi connectivity index (χ3n) is 4.66. The van der Waals surface area contributed by atoms with Gasteiger partial charge in [0.2, 0.25) is 5.95 Å². The molecule has 1 aliphatic heterocycles. The fourth-order valence-electron chi connectivity index (χ4n) is 3.25. The predicted molar refractivity (Wildman–Crippen MR) is 111 cm³/mol. The Morgan fingerprint density at radius 1 is 1.07 bits per heavy atom. The Hall–Kier alpha value is -2.76. The van der Waals surface area contributed by atoms with Crippen LogP contribution in [0.15, 0.2) is 59.9 Å². The van der Waals surface area contributed by atoms with Gasteiger partial charge in [-0.25, -0.2) is 9.97 Å². The Morgan fingerprint density at radius 3 is 2.57 bits per heavy atom. The average Bonchev–Trinajstić information content (AvgIpc) is 2.81. The lowest BCUT2D eigenvalue weighted by atomic mass is 9.96. The monoisotopic (exact) mass is 410 g/mol. The molecular weight excluding hydrogens is 395 g/mol. The normalized spacial score (nSPS) is 16.3. The highest BCUT2D eigenvalue weighted by Crippen LogP contribution is 2.27. The van der Waals surface area contributed by atoms with Crippen molar-refractivity contribution in [1.82, 2.24) is 9.97 Å². The van der Waals surface area contributed by atoms with Gasteiger partial charge in [0.1, 0.15) is 6.04 Å². The number of halogens is 2. The van der Waals surface area contributed by atoms with Crippen LogP contribution in [0.5, 0.6) is 0 Å². The van der Waals surface area contributed by atoms with Crippen molar-refractivity contribution in [2.45, 2.75) is 18.9 Å². The number of aliphatic imine (C=N–C) groups is 1. The summed E-state index contributed by atoms with van der Waals surface area (Å²) in [4.78, 5) is 25.9. The lowest BCUT2D eigenvalue weighted by molar-refractivity contribution is -0.119. The van der Waals surface area contributed by atoms with E-state index in [1.807, 2.05) is 36.4 Å². The van der Waals surface area contributed by atoms with Crippen LogP contribution in [0.3, 0.4) is 0 Å². The van der Waals surface area contributed by atoms with Gasteiger partial charge in [0.15, 0.2) is 5.78 Å². The van der Waals surface area contributed by atoms with Crippen LogP contribution >= 0.6 is 23.2 Å². The van der Waals surface area contributed by atoms with Gasteiger partial charge in [0.25, 0.3) is 0 Å². The Kier molecular flexibility index (Phi) is 5.11. The molecule has 0 aliphatic carbocycles.